The topological polar surface area (TPSA) is 114 Å². The first-order valence-electron chi connectivity index (χ1n) is 13.4. The van der Waals surface area contributed by atoms with E-state index in [1.165, 1.54) is 4.57 Å². The molecule has 10 heteroatoms. The number of hydrogen-bond acceptors (Lipinski definition) is 9. The number of nitrogens with one attached hydrogen (secondary N) is 1. The van der Waals surface area contributed by atoms with E-state index in [0.717, 1.165) is 48.8 Å². The first kappa shape index (κ1) is 27.6. The second-order valence-corrected chi connectivity index (χ2v) is 9.80. The van der Waals surface area contributed by atoms with E-state index in [-0.39, 0.29) is 5.56 Å². The third-order valence-corrected chi connectivity index (χ3v) is 6.95. The van der Waals surface area contributed by atoms with E-state index in [0.29, 0.717) is 28.6 Å². The molecule has 2 aromatic heterocycles. The van der Waals surface area contributed by atoms with Crippen LogP contribution in [0.25, 0.3) is 22.4 Å². The lowest BCUT2D eigenvalue weighted by molar-refractivity contribution is 0.312. The van der Waals surface area contributed by atoms with Gasteiger partial charge in [-0.3, -0.25) is 9.36 Å². The maximum absolute atomic E-state index is 13.0. The summed E-state index contributed by atoms with van der Waals surface area (Å²) in [6.07, 6.45) is 1.63. The van der Waals surface area contributed by atoms with E-state index in [1.807, 2.05) is 72.8 Å². The van der Waals surface area contributed by atoms with Crippen LogP contribution in [0.1, 0.15) is 0 Å². The highest BCUT2D eigenvalue weighted by Gasteiger charge is 2.17. The summed E-state index contributed by atoms with van der Waals surface area (Å²) in [7, 11) is 5.48. The normalized spacial score (nSPS) is 13.4. The number of likely N-dealkylation sites (N-methyl/N-ethyl adjacent to an activating group) is 1. The fourth-order valence-corrected chi connectivity index (χ4v) is 4.58. The van der Waals surface area contributed by atoms with Gasteiger partial charge in [0.1, 0.15) is 17.0 Å². The third kappa shape index (κ3) is 6.44. The van der Waals surface area contributed by atoms with E-state index < -0.39 is 0 Å². The van der Waals surface area contributed by atoms with Crippen molar-refractivity contribution in [3.05, 3.63) is 95.4 Å². The Balaban J connectivity index is 0.000000423. The van der Waals surface area contributed by atoms with Crippen LogP contribution in [0.4, 0.5) is 23.0 Å². The molecule has 10 nitrogen and oxygen atoms in total. The fourth-order valence-electron chi connectivity index (χ4n) is 4.58. The Labute approximate surface area is 239 Å². The van der Waals surface area contributed by atoms with Crippen LogP contribution in [0.2, 0.25) is 0 Å². The van der Waals surface area contributed by atoms with E-state index in [1.54, 1.807) is 20.4 Å². The first-order valence-corrected chi connectivity index (χ1v) is 13.4. The number of anilines is 4. The summed E-state index contributed by atoms with van der Waals surface area (Å²) in [6.45, 7) is 4.02. The van der Waals surface area contributed by atoms with Gasteiger partial charge in [0.15, 0.2) is 5.65 Å². The van der Waals surface area contributed by atoms with Gasteiger partial charge in [-0.1, -0.05) is 48.5 Å². The number of rotatable bonds is 5. The number of aryl methyl sites for hydroxylation is 1. The predicted molar refractivity (Wildman–Crippen MR) is 165 cm³/mol. The molecular formula is C31H34N8O2. The molecule has 3 aromatic carbocycles. The quantitative estimate of drug-likeness (QED) is 0.311. The van der Waals surface area contributed by atoms with Crippen molar-refractivity contribution < 1.29 is 4.74 Å². The van der Waals surface area contributed by atoms with Gasteiger partial charge in [0.2, 0.25) is 5.95 Å². The van der Waals surface area contributed by atoms with Gasteiger partial charge >= 0.3 is 0 Å². The standard InChI is InChI=1S/C25H27N7O2.C6H7N/c1-30-11-13-32(14-12-30)18-9-10-19(21(15-18)34-3)28-25-26-16-20-23(29-25)31(2)24(33)22(27-20)17-7-5-4-6-8-17;7-6-4-2-1-3-5-6/h4-10,15-16H,11-14H2,1-3H3,(H,26,28,29);1-5H,7H2. The van der Waals surface area contributed by atoms with Gasteiger partial charge in [-0.2, -0.15) is 4.98 Å². The SMILES string of the molecule is COc1cc(N2CCN(C)CC2)ccc1Nc1ncc2nc(-c3ccccc3)c(=O)n(C)c2n1.Nc1ccccc1. The lowest BCUT2D eigenvalue weighted by Gasteiger charge is -2.34. The Kier molecular flexibility index (Phi) is 8.40. The second-order valence-electron chi connectivity index (χ2n) is 9.80. The number of piperazine rings is 1. The van der Waals surface area contributed by atoms with Gasteiger partial charge in [-0.05, 0) is 31.3 Å². The van der Waals surface area contributed by atoms with Crippen molar-refractivity contribution in [2.45, 2.75) is 0 Å². The zero-order valence-electron chi connectivity index (χ0n) is 23.5. The molecular weight excluding hydrogens is 516 g/mol. The molecule has 1 saturated heterocycles. The van der Waals surface area contributed by atoms with Crippen molar-refractivity contribution >= 4 is 34.2 Å². The predicted octanol–water partition coefficient (Wildman–Crippen LogP) is 4.16. The van der Waals surface area contributed by atoms with Crippen molar-refractivity contribution in [2.75, 3.05) is 56.3 Å². The van der Waals surface area contributed by atoms with Gasteiger partial charge in [0.25, 0.3) is 5.56 Å². The summed E-state index contributed by atoms with van der Waals surface area (Å²) in [5.74, 6) is 1.06. The Morgan fingerprint density at radius 1 is 0.878 bits per heavy atom. The van der Waals surface area contributed by atoms with Crippen molar-refractivity contribution in [1.29, 1.82) is 0 Å². The first-order chi connectivity index (χ1) is 19.9. The van der Waals surface area contributed by atoms with E-state index >= 15 is 0 Å². The van der Waals surface area contributed by atoms with Gasteiger partial charge in [-0.15, -0.1) is 0 Å². The molecule has 0 unspecified atom stereocenters. The highest BCUT2D eigenvalue weighted by atomic mass is 16.5. The van der Waals surface area contributed by atoms with E-state index in [4.69, 9.17) is 10.5 Å². The summed E-state index contributed by atoms with van der Waals surface area (Å²) in [6, 6.07) is 25.0. The summed E-state index contributed by atoms with van der Waals surface area (Å²) >= 11 is 0. The van der Waals surface area contributed by atoms with Crippen LogP contribution in [0.15, 0.2) is 89.9 Å². The van der Waals surface area contributed by atoms with Gasteiger partial charge in [0.05, 0.1) is 19.0 Å². The molecule has 1 fully saturated rings. The summed E-state index contributed by atoms with van der Waals surface area (Å²) < 4.78 is 7.15. The lowest BCUT2D eigenvalue weighted by Crippen LogP contribution is -2.44. The zero-order valence-corrected chi connectivity index (χ0v) is 23.5. The molecule has 0 bridgehead atoms. The Morgan fingerprint density at radius 3 is 2.20 bits per heavy atom. The summed E-state index contributed by atoms with van der Waals surface area (Å²) in [4.78, 5) is 31.2. The summed E-state index contributed by atoms with van der Waals surface area (Å²) in [5.41, 5.74) is 9.97. The largest absolute Gasteiger partial charge is 0.494 e. The number of para-hydroxylation sites is 1. The van der Waals surface area contributed by atoms with Crippen LogP contribution in [0.5, 0.6) is 5.75 Å². The molecule has 3 heterocycles. The minimum atomic E-state index is -0.211. The average molecular weight is 551 g/mol. The third-order valence-electron chi connectivity index (χ3n) is 6.95. The van der Waals surface area contributed by atoms with E-state index in [2.05, 4.69) is 43.2 Å². The molecule has 0 aliphatic carbocycles. The number of benzene rings is 3. The van der Waals surface area contributed by atoms with Crippen molar-refractivity contribution in [3.8, 4) is 17.0 Å². The molecule has 0 amide bonds. The van der Waals surface area contributed by atoms with Crippen molar-refractivity contribution in [3.63, 3.8) is 0 Å². The van der Waals surface area contributed by atoms with Crippen LogP contribution in [-0.4, -0.2) is 64.8 Å². The van der Waals surface area contributed by atoms with Crippen molar-refractivity contribution in [2.24, 2.45) is 7.05 Å². The molecule has 0 saturated carbocycles. The van der Waals surface area contributed by atoms with Crippen LogP contribution in [0.3, 0.4) is 0 Å². The van der Waals surface area contributed by atoms with Gasteiger partial charge in [-0.25, -0.2) is 9.97 Å². The average Bonchev–Trinajstić information content (AvgIpc) is 3.01. The monoisotopic (exact) mass is 550 g/mol. The van der Waals surface area contributed by atoms with Crippen LogP contribution in [0, 0.1) is 0 Å². The Hall–Kier alpha value is -4.96. The van der Waals surface area contributed by atoms with E-state index in [9.17, 15) is 4.79 Å². The number of nitrogens with zero attached hydrogens (tertiary/aromatic N) is 6. The number of nitrogen functional groups attached to an aromatic ring is 1. The number of hydrogen-bond donors (Lipinski definition) is 2. The van der Waals surface area contributed by atoms with Crippen LogP contribution in [-0.2, 0) is 7.05 Å². The molecule has 1 aliphatic rings. The molecule has 0 atom stereocenters. The molecule has 6 rings (SSSR count). The number of fused-ring (bicyclic) bond motifs is 1. The molecule has 5 aromatic rings. The molecule has 1 aliphatic heterocycles. The Morgan fingerprint density at radius 2 is 1.56 bits per heavy atom. The highest BCUT2D eigenvalue weighted by molar-refractivity contribution is 5.76. The maximum atomic E-state index is 13.0. The van der Waals surface area contributed by atoms with Crippen LogP contribution >= 0.6 is 0 Å². The molecule has 0 radical (unpaired) electrons. The lowest BCUT2D eigenvalue weighted by atomic mass is 10.1. The minimum absolute atomic E-state index is 0.211. The zero-order chi connectivity index (χ0) is 28.8. The molecule has 3 N–H and O–H groups in total. The number of methoxy groups -OCH3 is 1. The molecule has 41 heavy (non-hydrogen) atoms. The number of aromatic nitrogens is 4. The second kappa shape index (κ2) is 12.5. The highest BCUT2D eigenvalue weighted by Crippen LogP contribution is 2.32. The number of nitrogens with two attached hydrogens (primary N) is 1. The van der Waals surface area contributed by atoms with Crippen LogP contribution < -0.4 is 26.2 Å². The fraction of sp³-hybridized carbons (Fsp3) is 0.226. The Bertz CT molecular complexity index is 1670. The number of ether oxygens (including phenoxy) is 1. The van der Waals surface area contributed by atoms with Crippen molar-refractivity contribution in [1.82, 2.24) is 24.4 Å². The minimum Gasteiger partial charge on any atom is -0.494 e. The van der Waals surface area contributed by atoms with Gasteiger partial charge < -0.3 is 25.6 Å². The summed E-state index contributed by atoms with van der Waals surface area (Å²) in [5, 5.41) is 3.23. The van der Waals surface area contributed by atoms with Gasteiger partial charge in [0, 0.05) is 56.2 Å². The molecule has 0 spiro atoms. The maximum Gasteiger partial charge on any atom is 0.278 e. The molecule has 210 valence electrons. The smallest absolute Gasteiger partial charge is 0.278 e.